The zero-order valence-electron chi connectivity index (χ0n) is 8.93. The predicted octanol–water partition coefficient (Wildman–Crippen LogP) is 3.31. The van der Waals surface area contributed by atoms with E-state index in [0.29, 0.717) is 0 Å². The summed E-state index contributed by atoms with van der Waals surface area (Å²) in [6.07, 6.45) is 0. The first kappa shape index (κ1) is 13.4. The molecule has 0 amide bonds. The summed E-state index contributed by atoms with van der Waals surface area (Å²) < 4.78 is 41.3. The molecule has 0 saturated heterocycles. The van der Waals surface area contributed by atoms with Crippen LogP contribution in [0.1, 0.15) is 0 Å². The van der Waals surface area contributed by atoms with E-state index in [9.17, 15) is 28.1 Å². The average molecular weight is 291 g/mol. The van der Waals surface area contributed by atoms with E-state index in [1.165, 1.54) is 0 Å². The van der Waals surface area contributed by atoms with E-state index in [-0.39, 0.29) is 16.7 Å². The number of hydrogen-bond acceptors (Lipinski definition) is 5. The minimum Gasteiger partial charge on any atom is -0.422 e. The van der Waals surface area contributed by atoms with E-state index >= 15 is 0 Å². The second-order valence-corrected chi connectivity index (χ2v) is 4.53. The fourth-order valence-corrected chi connectivity index (χ4v) is 1.96. The molecule has 0 aliphatic heterocycles. The lowest BCUT2D eigenvalue weighted by Crippen LogP contribution is -2.08. The van der Waals surface area contributed by atoms with Crippen molar-refractivity contribution < 1.29 is 22.5 Å². The first-order valence-corrected chi connectivity index (χ1v) is 5.56. The molecule has 9 heteroatoms. The number of nitrogens with zero attached hydrogens (tertiary/aromatic N) is 1. The summed E-state index contributed by atoms with van der Waals surface area (Å²) in [5.41, 5.74) is -6.08. The van der Waals surface area contributed by atoms with Crippen LogP contribution in [0.15, 0.2) is 38.4 Å². The van der Waals surface area contributed by atoms with Gasteiger partial charge in [0.25, 0.3) is 5.69 Å². The molecule has 0 atom stereocenters. The van der Waals surface area contributed by atoms with Gasteiger partial charge in [-0.3, -0.25) is 10.1 Å². The molecule has 2 rings (SSSR count). The molecule has 1 aromatic heterocycles. The molecule has 0 unspecified atom stereocenters. The molecule has 0 aliphatic carbocycles. The average Bonchev–Trinajstić information content (AvgIpc) is 2.27. The molecule has 0 fully saturated rings. The molecular formula is C10H4F3NO4S. The SMILES string of the molecule is O=c1oc2ccc([N+](=O)[O-])cc2cc1SC(F)(F)F. The molecule has 0 bridgehead atoms. The second-order valence-electron chi connectivity index (χ2n) is 3.43. The minimum absolute atomic E-state index is 0.0119. The van der Waals surface area contributed by atoms with Crippen molar-refractivity contribution in [3.63, 3.8) is 0 Å². The van der Waals surface area contributed by atoms with Crippen molar-refractivity contribution in [1.82, 2.24) is 0 Å². The number of alkyl halides is 3. The summed E-state index contributed by atoms with van der Waals surface area (Å²) >= 11 is -0.620. The van der Waals surface area contributed by atoms with Crippen LogP contribution >= 0.6 is 11.8 Å². The summed E-state index contributed by atoms with van der Waals surface area (Å²) in [6, 6.07) is 4.23. The van der Waals surface area contributed by atoms with Crippen LogP contribution in [0.3, 0.4) is 0 Å². The number of fused-ring (bicyclic) bond motifs is 1. The van der Waals surface area contributed by atoms with Crippen LogP contribution in [0.5, 0.6) is 0 Å². The van der Waals surface area contributed by atoms with Crippen LogP contribution in [0.2, 0.25) is 0 Å². The lowest BCUT2D eigenvalue weighted by molar-refractivity contribution is -0.384. The molecule has 0 radical (unpaired) electrons. The fraction of sp³-hybridized carbons (Fsp3) is 0.100. The highest BCUT2D eigenvalue weighted by molar-refractivity contribution is 8.00. The Hall–Kier alpha value is -2.03. The summed E-state index contributed by atoms with van der Waals surface area (Å²) in [4.78, 5) is 20.5. The van der Waals surface area contributed by atoms with Crippen molar-refractivity contribution in [2.75, 3.05) is 0 Å². The Labute approximate surface area is 107 Å². The number of nitro benzene ring substituents is 1. The number of halogens is 3. The van der Waals surface area contributed by atoms with Crippen molar-refractivity contribution in [3.05, 3.63) is 44.8 Å². The molecule has 0 aliphatic rings. The maximum Gasteiger partial charge on any atom is 0.446 e. The van der Waals surface area contributed by atoms with Crippen LogP contribution in [-0.4, -0.2) is 10.4 Å². The van der Waals surface area contributed by atoms with E-state index in [4.69, 9.17) is 0 Å². The van der Waals surface area contributed by atoms with Crippen molar-refractivity contribution >= 4 is 28.4 Å². The Morgan fingerprint density at radius 1 is 1.26 bits per heavy atom. The number of nitro groups is 1. The number of rotatable bonds is 2. The third kappa shape index (κ3) is 3.05. The minimum atomic E-state index is -4.64. The first-order valence-electron chi connectivity index (χ1n) is 4.74. The van der Waals surface area contributed by atoms with Crippen LogP contribution in [0.4, 0.5) is 18.9 Å². The summed E-state index contributed by atoms with van der Waals surface area (Å²) in [5.74, 6) is 0. The van der Waals surface area contributed by atoms with Gasteiger partial charge in [0.1, 0.15) is 10.5 Å². The van der Waals surface area contributed by atoms with Gasteiger partial charge in [-0.15, -0.1) is 0 Å². The summed E-state index contributed by atoms with van der Waals surface area (Å²) in [5, 5.41) is 10.6. The van der Waals surface area contributed by atoms with Gasteiger partial charge in [0, 0.05) is 17.5 Å². The molecule has 0 saturated carbocycles. The Morgan fingerprint density at radius 3 is 2.53 bits per heavy atom. The zero-order chi connectivity index (χ0) is 14.2. The summed E-state index contributed by atoms with van der Waals surface area (Å²) in [7, 11) is 0. The number of non-ortho nitro benzene ring substituents is 1. The van der Waals surface area contributed by atoms with Gasteiger partial charge < -0.3 is 4.42 Å². The van der Waals surface area contributed by atoms with Crippen LogP contribution in [0.25, 0.3) is 11.0 Å². The maximum atomic E-state index is 12.2. The van der Waals surface area contributed by atoms with Gasteiger partial charge in [-0.1, -0.05) is 0 Å². The highest BCUT2D eigenvalue weighted by atomic mass is 32.2. The Kier molecular flexibility index (Phi) is 3.23. The van der Waals surface area contributed by atoms with Gasteiger partial charge in [0.2, 0.25) is 0 Å². The lowest BCUT2D eigenvalue weighted by atomic mass is 10.2. The summed E-state index contributed by atoms with van der Waals surface area (Å²) in [6.45, 7) is 0. The van der Waals surface area contributed by atoms with Gasteiger partial charge in [0.15, 0.2) is 0 Å². The molecule has 2 aromatic rings. The molecule has 0 spiro atoms. The lowest BCUT2D eigenvalue weighted by Gasteiger charge is -2.04. The van der Waals surface area contributed by atoms with Gasteiger partial charge in [-0.25, -0.2) is 4.79 Å². The standard InChI is InChI=1S/C10H4F3NO4S/c11-10(12,13)19-8-4-5-3-6(14(16)17)1-2-7(5)18-9(8)15/h1-4H. The fourth-order valence-electron chi connectivity index (χ4n) is 1.40. The largest absolute Gasteiger partial charge is 0.446 e. The highest BCUT2D eigenvalue weighted by Gasteiger charge is 2.31. The molecule has 1 aromatic carbocycles. The van der Waals surface area contributed by atoms with E-state index < -0.39 is 32.7 Å². The topological polar surface area (TPSA) is 73.3 Å². The second kappa shape index (κ2) is 4.57. The van der Waals surface area contributed by atoms with Crippen molar-refractivity contribution in [3.8, 4) is 0 Å². The molecule has 0 N–H and O–H groups in total. The number of thioether (sulfide) groups is 1. The van der Waals surface area contributed by atoms with Gasteiger partial charge in [0.05, 0.1) is 4.92 Å². The quantitative estimate of drug-likeness (QED) is 0.367. The monoisotopic (exact) mass is 291 g/mol. The van der Waals surface area contributed by atoms with Crippen molar-refractivity contribution in [1.29, 1.82) is 0 Å². The number of hydrogen-bond donors (Lipinski definition) is 0. The van der Waals surface area contributed by atoms with Crippen LogP contribution in [0, 0.1) is 10.1 Å². The molecular weight excluding hydrogens is 287 g/mol. The Bertz CT molecular complexity index is 710. The van der Waals surface area contributed by atoms with Crippen molar-refractivity contribution in [2.45, 2.75) is 10.4 Å². The normalized spacial score (nSPS) is 11.7. The van der Waals surface area contributed by atoms with Crippen LogP contribution in [-0.2, 0) is 0 Å². The molecule has 1 heterocycles. The first-order chi connectivity index (χ1) is 8.76. The molecule has 5 nitrogen and oxygen atoms in total. The Morgan fingerprint density at radius 2 is 1.95 bits per heavy atom. The highest BCUT2D eigenvalue weighted by Crippen LogP contribution is 2.36. The molecule has 100 valence electrons. The third-order valence-electron chi connectivity index (χ3n) is 2.12. The van der Waals surface area contributed by atoms with E-state index in [0.717, 1.165) is 24.3 Å². The zero-order valence-corrected chi connectivity index (χ0v) is 9.75. The van der Waals surface area contributed by atoms with E-state index in [1.54, 1.807) is 0 Å². The maximum absolute atomic E-state index is 12.2. The van der Waals surface area contributed by atoms with Crippen molar-refractivity contribution in [2.24, 2.45) is 0 Å². The van der Waals surface area contributed by atoms with Gasteiger partial charge >= 0.3 is 11.1 Å². The number of benzene rings is 1. The van der Waals surface area contributed by atoms with E-state index in [1.807, 2.05) is 0 Å². The smallest absolute Gasteiger partial charge is 0.422 e. The third-order valence-corrected chi connectivity index (χ3v) is 2.86. The van der Waals surface area contributed by atoms with Gasteiger partial charge in [-0.05, 0) is 23.9 Å². The van der Waals surface area contributed by atoms with E-state index in [2.05, 4.69) is 4.42 Å². The Balaban J connectivity index is 2.58. The van der Waals surface area contributed by atoms with Crippen LogP contribution < -0.4 is 5.63 Å². The predicted molar refractivity (Wildman–Crippen MR) is 61.1 cm³/mol. The molecule has 19 heavy (non-hydrogen) atoms. The van der Waals surface area contributed by atoms with Gasteiger partial charge in [-0.2, -0.15) is 13.2 Å².